The van der Waals surface area contributed by atoms with Crippen LogP contribution in [0.5, 0.6) is 0 Å². The van der Waals surface area contributed by atoms with Crippen LogP contribution in [0.3, 0.4) is 0 Å². The fraction of sp³-hybridized carbons (Fsp3) is 0.615. The van der Waals surface area contributed by atoms with Gasteiger partial charge in [0.25, 0.3) is 0 Å². The largest absolute Gasteiger partial charge is 0.466 e. The van der Waals surface area contributed by atoms with E-state index in [1.54, 1.807) is 0 Å². The quantitative estimate of drug-likeness (QED) is 0.684. The van der Waals surface area contributed by atoms with Crippen LogP contribution in [0.4, 0.5) is 0 Å². The van der Waals surface area contributed by atoms with Gasteiger partial charge in [0.2, 0.25) is 0 Å². The Morgan fingerprint density at radius 1 is 1.27 bits per heavy atom. The zero-order valence-electron chi connectivity index (χ0n) is 9.71. The average Bonchev–Trinajstić information content (AvgIpc) is 2.61. The molecular formula is C13H20O2. The lowest BCUT2D eigenvalue weighted by molar-refractivity contribution is -0.119. The summed E-state index contributed by atoms with van der Waals surface area (Å²) in [5, 5.41) is 0. The minimum Gasteiger partial charge on any atom is -0.466 e. The highest BCUT2D eigenvalue weighted by Crippen LogP contribution is 2.10. The Kier molecular flexibility index (Phi) is 5.16. The fourth-order valence-electron chi connectivity index (χ4n) is 1.58. The van der Waals surface area contributed by atoms with Gasteiger partial charge in [0, 0.05) is 19.3 Å². The molecule has 15 heavy (non-hydrogen) atoms. The molecule has 2 heteroatoms. The summed E-state index contributed by atoms with van der Waals surface area (Å²) in [4.78, 5) is 11.4. The molecule has 0 aliphatic carbocycles. The van der Waals surface area contributed by atoms with Gasteiger partial charge >= 0.3 is 0 Å². The summed E-state index contributed by atoms with van der Waals surface area (Å²) in [5.74, 6) is 2.33. The number of carbonyl (C=O) groups excluding carboxylic acids is 1. The first kappa shape index (κ1) is 12.0. The third-order valence-electron chi connectivity index (χ3n) is 2.48. The topological polar surface area (TPSA) is 30.2 Å². The highest BCUT2D eigenvalue weighted by atomic mass is 16.3. The van der Waals surface area contributed by atoms with Crippen molar-refractivity contribution >= 4 is 5.78 Å². The molecule has 0 atom stereocenters. The Morgan fingerprint density at radius 3 is 2.60 bits per heavy atom. The molecule has 0 unspecified atom stereocenters. The second-order valence-corrected chi connectivity index (χ2v) is 4.01. The molecule has 0 aromatic carbocycles. The maximum atomic E-state index is 11.4. The van der Waals surface area contributed by atoms with Crippen molar-refractivity contribution in [3.63, 3.8) is 0 Å². The number of hydrogen-bond acceptors (Lipinski definition) is 2. The molecular weight excluding hydrogens is 188 g/mol. The third kappa shape index (κ3) is 4.82. The molecule has 2 nitrogen and oxygen atoms in total. The fourth-order valence-corrected chi connectivity index (χ4v) is 1.58. The van der Waals surface area contributed by atoms with Crippen molar-refractivity contribution in [3.8, 4) is 0 Å². The van der Waals surface area contributed by atoms with E-state index >= 15 is 0 Å². The van der Waals surface area contributed by atoms with Crippen LogP contribution in [-0.2, 0) is 11.2 Å². The lowest BCUT2D eigenvalue weighted by Gasteiger charge is -1.98. The van der Waals surface area contributed by atoms with Crippen LogP contribution in [0.15, 0.2) is 16.5 Å². The molecule has 0 saturated carbocycles. The summed E-state index contributed by atoms with van der Waals surface area (Å²) in [7, 11) is 0. The molecule has 0 aliphatic heterocycles. The zero-order chi connectivity index (χ0) is 11.1. The van der Waals surface area contributed by atoms with Gasteiger partial charge in [0.15, 0.2) is 0 Å². The Bertz CT molecular complexity index is 299. The predicted octanol–water partition coefficient (Wildman–Crippen LogP) is 3.67. The number of ketones is 1. The van der Waals surface area contributed by atoms with Crippen LogP contribution in [0.1, 0.15) is 50.5 Å². The molecule has 0 radical (unpaired) electrons. The number of unbranched alkanes of at least 4 members (excludes halogenated alkanes) is 1. The van der Waals surface area contributed by atoms with E-state index in [-0.39, 0.29) is 0 Å². The number of carbonyl (C=O) groups is 1. The first-order valence-electron chi connectivity index (χ1n) is 5.79. The van der Waals surface area contributed by atoms with Gasteiger partial charge in [0.05, 0.1) is 0 Å². The van der Waals surface area contributed by atoms with Gasteiger partial charge in [-0.15, -0.1) is 0 Å². The molecule has 0 saturated heterocycles. The smallest absolute Gasteiger partial charge is 0.132 e. The van der Waals surface area contributed by atoms with Crippen LogP contribution < -0.4 is 0 Å². The monoisotopic (exact) mass is 208 g/mol. The van der Waals surface area contributed by atoms with E-state index in [1.807, 2.05) is 19.1 Å². The van der Waals surface area contributed by atoms with E-state index in [9.17, 15) is 4.79 Å². The molecule has 84 valence electrons. The minimum atomic E-state index is 0.389. The molecule has 0 aliphatic rings. The van der Waals surface area contributed by atoms with E-state index < -0.39 is 0 Å². The van der Waals surface area contributed by atoms with Gasteiger partial charge in [-0.05, 0) is 31.9 Å². The highest BCUT2D eigenvalue weighted by molar-refractivity contribution is 5.78. The van der Waals surface area contributed by atoms with Crippen LogP contribution in [0, 0.1) is 6.92 Å². The number of furan rings is 1. The summed E-state index contributed by atoms with van der Waals surface area (Å²) < 4.78 is 5.44. The van der Waals surface area contributed by atoms with E-state index in [0.717, 1.165) is 43.6 Å². The van der Waals surface area contributed by atoms with Crippen LogP contribution in [0.2, 0.25) is 0 Å². The van der Waals surface area contributed by atoms with Gasteiger partial charge in [-0.25, -0.2) is 0 Å². The molecule has 0 bridgehead atoms. The molecule has 1 rings (SSSR count). The van der Waals surface area contributed by atoms with Crippen molar-refractivity contribution in [2.75, 3.05) is 0 Å². The summed E-state index contributed by atoms with van der Waals surface area (Å²) in [6, 6.07) is 3.96. The van der Waals surface area contributed by atoms with Crippen molar-refractivity contribution in [3.05, 3.63) is 23.7 Å². The van der Waals surface area contributed by atoms with Crippen LogP contribution >= 0.6 is 0 Å². The van der Waals surface area contributed by atoms with Gasteiger partial charge in [-0.2, -0.15) is 0 Å². The second-order valence-electron chi connectivity index (χ2n) is 4.01. The van der Waals surface area contributed by atoms with Gasteiger partial charge in [-0.3, -0.25) is 4.79 Å². The van der Waals surface area contributed by atoms with Crippen molar-refractivity contribution in [2.45, 2.75) is 52.4 Å². The number of hydrogen-bond donors (Lipinski definition) is 0. The van der Waals surface area contributed by atoms with E-state index in [0.29, 0.717) is 12.2 Å². The van der Waals surface area contributed by atoms with Gasteiger partial charge < -0.3 is 4.42 Å². The standard InChI is InChI=1S/C13H20O2/c1-3-4-6-12(14)7-5-8-13-10-9-11(2)15-13/h9-10H,3-8H2,1-2H3. The Labute approximate surface area is 91.7 Å². The molecule has 0 spiro atoms. The Morgan fingerprint density at radius 2 is 2.00 bits per heavy atom. The van der Waals surface area contributed by atoms with Crippen LogP contribution in [0.25, 0.3) is 0 Å². The Balaban J connectivity index is 2.13. The molecule has 1 aromatic rings. The van der Waals surface area contributed by atoms with Crippen molar-refractivity contribution in [1.82, 2.24) is 0 Å². The SMILES string of the molecule is CCCCC(=O)CCCc1ccc(C)o1. The van der Waals surface area contributed by atoms with E-state index in [4.69, 9.17) is 4.42 Å². The average molecular weight is 208 g/mol. The second kappa shape index (κ2) is 6.44. The lowest BCUT2D eigenvalue weighted by Crippen LogP contribution is -1.98. The zero-order valence-corrected chi connectivity index (χ0v) is 9.71. The normalized spacial score (nSPS) is 10.5. The molecule has 0 N–H and O–H groups in total. The minimum absolute atomic E-state index is 0.389. The third-order valence-corrected chi connectivity index (χ3v) is 2.48. The van der Waals surface area contributed by atoms with Gasteiger partial charge in [-0.1, -0.05) is 13.3 Å². The summed E-state index contributed by atoms with van der Waals surface area (Å²) >= 11 is 0. The van der Waals surface area contributed by atoms with Crippen molar-refractivity contribution < 1.29 is 9.21 Å². The number of rotatable bonds is 7. The molecule has 1 aromatic heterocycles. The maximum Gasteiger partial charge on any atom is 0.132 e. The first-order chi connectivity index (χ1) is 7.22. The van der Waals surface area contributed by atoms with Gasteiger partial charge in [0.1, 0.15) is 17.3 Å². The van der Waals surface area contributed by atoms with Crippen LogP contribution in [-0.4, -0.2) is 5.78 Å². The number of Topliss-reactive ketones (excluding diaryl/α,β-unsaturated/α-hetero) is 1. The Hall–Kier alpha value is -1.05. The molecule has 0 amide bonds. The highest BCUT2D eigenvalue weighted by Gasteiger charge is 2.03. The number of aryl methyl sites for hydroxylation is 2. The molecule has 1 heterocycles. The first-order valence-corrected chi connectivity index (χ1v) is 5.79. The predicted molar refractivity (Wildman–Crippen MR) is 60.9 cm³/mol. The lowest BCUT2D eigenvalue weighted by atomic mass is 10.1. The summed E-state index contributed by atoms with van der Waals surface area (Å²) in [6.45, 7) is 4.05. The van der Waals surface area contributed by atoms with E-state index in [2.05, 4.69) is 6.92 Å². The maximum absolute atomic E-state index is 11.4. The molecule has 0 fully saturated rings. The summed E-state index contributed by atoms with van der Waals surface area (Å²) in [5.41, 5.74) is 0. The van der Waals surface area contributed by atoms with E-state index in [1.165, 1.54) is 0 Å². The summed E-state index contributed by atoms with van der Waals surface area (Å²) in [6.07, 6.45) is 5.36. The van der Waals surface area contributed by atoms with Crippen molar-refractivity contribution in [1.29, 1.82) is 0 Å². The van der Waals surface area contributed by atoms with Crippen molar-refractivity contribution in [2.24, 2.45) is 0 Å².